The SMILES string of the molecule is CC/C(=C\c1cccc(O)c1)CC[C@@H](O)C1=C(C)C[C@H]2C(=O)N(c3ccccc3)C(=O)[C@H]2[C@H]1CO. The molecule has 2 amide bonds. The number of anilines is 1. The number of benzene rings is 2. The van der Waals surface area contributed by atoms with Crippen molar-refractivity contribution in [1.29, 1.82) is 0 Å². The molecule has 0 bridgehead atoms. The zero-order valence-corrected chi connectivity index (χ0v) is 20.2. The van der Waals surface area contributed by atoms with E-state index in [0.717, 1.165) is 23.1 Å². The van der Waals surface area contributed by atoms with Crippen molar-refractivity contribution in [1.82, 2.24) is 0 Å². The summed E-state index contributed by atoms with van der Waals surface area (Å²) in [4.78, 5) is 27.8. The van der Waals surface area contributed by atoms with Gasteiger partial charge < -0.3 is 15.3 Å². The number of fused-ring (bicyclic) bond motifs is 1. The van der Waals surface area contributed by atoms with E-state index in [-0.39, 0.29) is 24.2 Å². The van der Waals surface area contributed by atoms with Crippen LogP contribution in [-0.2, 0) is 9.59 Å². The van der Waals surface area contributed by atoms with Gasteiger partial charge in [-0.2, -0.15) is 0 Å². The van der Waals surface area contributed by atoms with Crippen LogP contribution in [0.4, 0.5) is 5.69 Å². The third-order valence-corrected chi connectivity index (χ3v) is 7.33. The molecule has 184 valence electrons. The highest BCUT2D eigenvalue weighted by Gasteiger charge is 2.54. The number of carbonyl (C=O) groups excluding carboxylic acids is 2. The average molecular weight is 476 g/mol. The van der Waals surface area contributed by atoms with Gasteiger partial charge in [0.05, 0.1) is 30.2 Å². The van der Waals surface area contributed by atoms with Crippen LogP contribution < -0.4 is 4.90 Å². The third-order valence-electron chi connectivity index (χ3n) is 7.33. The standard InChI is InChI=1S/C29H33NO5/c1-3-19(15-20-8-7-11-22(32)16-20)12-13-25(33)26-18(2)14-23-27(24(26)17-31)29(35)30(28(23)34)21-9-5-4-6-10-21/h4-11,15-16,23-25,27,31-33H,3,12-14,17H2,1-2H3/b19-15+/t23-,24+,25-,27-/m1/s1. The second-order valence-corrected chi connectivity index (χ2v) is 9.51. The van der Waals surface area contributed by atoms with E-state index in [4.69, 9.17) is 0 Å². The van der Waals surface area contributed by atoms with E-state index in [9.17, 15) is 24.9 Å². The number of phenols is 1. The van der Waals surface area contributed by atoms with E-state index >= 15 is 0 Å². The Labute approximate surface area is 206 Å². The van der Waals surface area contributed by atoms with Gasteiger partial charge in [-0.1, -0.05) is 54.5 Å². The normalized spacial score (nSPS) is 23.6. The van der Waals surface area contributed by atoms with Gasteiger partial charge in [0.25, 0.3) is 0 Å². The van der Waals surface area contributed by atoms with Crippen LogP contribution in [-0.4, -0.2) is 39.8 Å². The van der Waals surface area contributed by atoms with Gasteiger partial charge >= 0.3 is 0 Å². The molecule has 0 aromatic heterocycles. The van der Waals surface area contributed by atoms with Gasteiger partial charge in [0.1, 0.15) is 5.75 Å². The largest absolute Gasteiger partial charge is 0.508 e. The van der Waals surface area contributed by atoms with Gasteiger partial charge in [0.15, 0.2) is 0 Å². The van der Waals surface area contributed by atoms with Crippen molar-refractivity contribution in [3.8, 4) is 5.75 Å². The Morgan fingerprint density at radius 1 is 1.11 bits per heavy atom. The molecule has 1 heterocycles. The molecule has 0 spiro atoms. The molecular formula is C29H33NO5. The molecule has 35 heavy (non-hydrogen) atoms. The number of hydrogen-bond donors (Lipinski definition) is 3. The Kier molecular flexibility index (Phi) is 7.53. The van der Waals surface area contributed by atoms with Crippen LogP contribution in [0.1, 0.15) is 45.1 Å². The monoisotopic (exact) mass is 475 g/mol. The minimum absolute atomic E-state index is 0.206. The van der Waals surface area contributed by atoms with E-state index in [1.54, 1.807) is 42.5 Å². The molecule has 6 nitrogen and oxygen atoms in total. The molecule has 1 fully saturated rings. The van der Waals surface area contributed by atoms with Crippen molar-refractivity contribution >= 4 is 23.6 Å². The topological polar surface area (TPSA) is 98.1 Å². The number of nitrogens with zero attached hydrogens (tertiary/aromatic N) is 1. The van der Waals surface area contributed by atoms with Gasteiger partial charge in [-0.3, -0.25) is 14.5 Å². The van der Waals surface area contributed by atoms with Crippen LogP contribution in [0.3, 0.4) is 0 Å². The molecule has 0 radical (unpaired) electrons. The summed E-state index contributed by atoms with van der Waals surface area (Å²) in [5.74, 6) is -2.12. The van der Waals surface area contributed by atoms with Crippen LogP contribution in [0.25, 0.3) is 6.08 Å². The van der Waals surface area contributed by atoms with Crippen LogP contribution in [0.2, 0.25) is 0 Å². The smallest absolute Gasteiger partial charge is 0.238 e. The first-order valence-corrected chi connectivity index (χ1v) is 12.3. The number of imide groups is 1. The average Bonchev–Trinajstić information content (AvgIpc) is 3.10. The predicted octanol–water partition coefficient (Wildman–Crippen LogP) is 4.46. The maximum Gasteiger partial charge on any atom is 0.238 e. The Hall–Kier alpha value is -3.22. The summed E-state index contributed by atoms with van der Waals surface area (Å²) in [7, 11) is 0. The van der Waals surface area contributed by atoms with E-state index in [0.29, 0.717) is 30.5 Å². The molecule has 4 rings (SSSR count). The number of aliphatic hydroxyl groups is 2. The quantitative estimate of drug-likeness (QED) is 0.387. The molecule has 1 saturated heterocycles. The Morgan fingerprint density at radius 2 is 1.86 bits per heavy atom. The Morgan fingerprint density at radius 3 is 2.51 bits per heavy atom. The van der Waals surface area contributed by atoms with Gasteiger partial charge in [-0.05, 0) is 68.0 Å². The first-order valence-electron chi connectivity index (χ1n) is 12.3. The fraction of sp³-hybridized carbons (Fsp3) is 0.379. The molecule has 2 aromatic carbocycles. The number of rotatable bonds is 8. The van der Waals surface area contributed by atoms with Gasteiger partial charge in [-0.25, -0.2) is 0 Å². The summed E-state index contributed by atoms with van der Waals surface area (Å²) in [6, 6.07) is 15.9. The van der Waals surface area contributed by atoms with Crippen LogP contribution in [0.15, 0.2) is 71.3 Å². The van der Waals surface area contributed by atoms with Crippen molar-refractivity contribution in [3.05, 3.63) is 76.9 Å². The van der Waals surface area contributed by atoms with Crippen molar-refractivity contribution in [3.63, 3.8) is 0 Å². The van der Waals surface area contributed by atoms with Crippen LogP contribution in [0, 0.1) is 17.8 Å². The molecule has 6 heteroatoms. The minimum atomic E-state index is -0.819. The Bertz CT molecular complexity index is 1150. The number of amides is 2. The van der Waals surface area contributed by atoms with Crippen LogP contribution in [0.5, 0.6) is 5.75 Å². The fourth-order valence-corrected chi connectivity index (χ4v) is 5.63. The molecule has 2 aromatic rings. The lowest BCUT2D eigenvalue weighted by Crippen LogP contribution is -2.38. The number of allylic oxidation sites excluding steroid dienone is 2. The van der Waals surface area contributed by atoms with E-state index in [2.05, 4.69) is 0 Å². The molecule has 0 unspecified atom stereocenters. The van der Waals surface area contributed by atoms with E-state index in [1.165, 1.54) is 4.90 Å². The number of carbonyl (C=O) groups is 2. The van der Waals surface area contributed by atoms with Crippen LogP contribution >= 0.6 is 0 Å². The highest BCUT2D eigenvalue weighted by Crippen LogP contribution is 2.47. The van der Waals surface area contributed by atoms with E-state index in [1.807, 2.05) is 32.1 Å². The number of aliphatic hydroxyl groups excluding tert-OH is 2. The molecular weight excluding hydrogens is 442 g/mol. The lowest BCUT2D eigenvalue weighted by atomic mass is 9.68. The Balaban J connectivity index is 1.54. The maximum absolute atomic E-state index is 13.4. The molecule has 2 aliphatic rings. The van der Waals surface area contributed by atoms with Crippen molar-refractivity contribution < 1.29 is 24.9 Å². The summed E-state index contributed by atoms with van der Waals surface area (Å²) in [6.07, 6.45) is 3.49. The lowest BCUT2D eigenvalue weighted by molar-refractivity contribution is -0.123. The zero-order valence-electron chi connectivity index (χ0n) is 20.2. The van der Waals surface area contributed by atoms with Crippen molar-refractivity contribution in [2.24, 2.45) is 17.8 Å². The molecule has 0 saturated carbocycles. The highest BCUT2D eigenvalue weighted by atomic mass is 16.3. The summed E-state index contributed by atoms with van der Waals surface area (Å²) in [5.41, 5.74) is 4.14. The van der Waals surface area contributed by atoms with Crippen molar-refractivity contribution in [2.75, 3.05) is 11.5 Å². The first kappa shape index (κ1) is 24.9. The summed E-state index contributed by atoms with van der Waals surface area (Å²) in [5, 5.41) is 31.3. The predicted molar refractivity (Wildman–Crippen MR) is 135 cm³/mol. The second-order valence-electron chi connectivity index (χ2n) is 9.51. The molecule has 1 aliphatic carbocycles. The van der Waals surface area contributed by atoms with Gasteiger partial charge in [-0.15, -0.1) is 0 Å². The van der Waals surface area contributed by atoms with Gasteiger partial charge in [0, 0.05) is 5.92 Å². The lowest BCUT2D eigenvalue weighted by Gasteiger charge is -2.35. The van der Waals surface area contributed by atoms with Crippen molar-refractivity contribution in [2.45, 2.75) is 45.6 Å². The number of aromatic hydroxyl groups is 1. The zero-order chi connectivity index (χ0) is 25.1. The number of para-hydroxylation sites is 1. The summed E-state index contributed by atoms with van der Waals surface area (Å²) >= 11 is 0. The summed E-state index contributed by atoms with van der Waals surface area (Å²) in [6.45, 7) is 3.64. The van der Waals surface area contributed by atoms with Gasteiger partial charge in [0.2, 0.25) is 11.8 Å². The highest BCUT2D eigenvalue weighted by molar-refractivity contribution is 6.22. The molecule has 1 aliphatic heterocycles. The van der Waals surface area contributed by atoms with E-state index < -0.39 is 23.9 Å². The third kappa shape index (κ3) is 4.95. The number of hydrogen-bond acceptors (Lipinski definition) is 5. The molecule has 3 N–H and O–H groups in total. The first-order chi connectivity index (χ1) is 16.8. The molecule has 4 atom stereocenters. The minimum Gasteiger partial charge on any atom is -0.508 e. The fourth-order valence-electron chi connectivity index (χ4n) is 5.63. The summed E-state index contributed by atoms with van der Waals surface area (Å²) < 4.78 is 0. The maximum atomic E-state index is 13.4. The second kappa shape index (κ2) is 10.6. The number of phenolic OH excluding ortho intramolecular Hbond substituents is 1.